The third-order valence-electron chi connectivity index (χ3n) is 3.98. The van der Waals surface area contributed by atoms with E-state index in [9.17, 15) is 4.79 Å². The van der Waals surface area contributed by atoms with Crippen molar-refractivity contribution in [2.45, 2.75) is 0 Å². The van der Waals surface area contributed by atoms with Crippen LogP contribution >= 0.6 is 11.6 Å². The molecule has 134 valence electrons. The summed E-state index contributed by atoms with van der Waals surface area (Å²) in [4.78, 5) is 28.7. The number of aromatic nitrogens is 4. The van der Waals surface area contributed by atoms with Crippen molar-refractivity contribution in [3.8, 4) is 17.1 Å². The summed E-state index contributed by atoms with van der Waals surface area (Å²) in [6.45, 7) is 0. The van der Waals surface area contributed by atoms with Crippen LogP contribution in [-0.2, 0) is 0 Å². The van der Waals surface area contributed by atoms with Gasteiger partial charge < -0.3 is 15.0 Å². The van der Waals surface area contributed by atoms with Gasteiger partial charge in [0.15, 0.2) is 5.65 Å². The lowest BCUT2D eigenvalue weighted by Gasteiger charge is -2.09. The Kier molecular flexibility index (Phi) is 4.43. The number of amides is 1. The van der Waals surface area contributed by atoms with Crippen molar-refractivity contribution in [3.05, 3.63) is 65.6 Å². The van der Waals surface area contributed by atoms with Crippen LogP contribution in [0.4, 0.5) is 5.69 Å². The number of H-pyrrole nitrogens is 1. The largest absolute Gasteiger partial charge is 0.494 e. The van der Waals surface area contributed by atoms with E-state index in [-0.39, 0.29) is 5.91 Å². The Morgan fingerprint density at radius 1 is 1.22 bits per heavy atom. The lowest BCUT2D eigenvalue weighted by molar-refractivity contribution is 0.102. The molecule has 0 aliphatic rings. The Labute approximate surface area is 159 Å². The smallest absolute Gasteiger partial charge is 0.258 e. The second-order valence-electron chi connectivity index (χ2n) is 5.68. The number of pyridine rings is 2. The Balaban J connectivity index is 1.72. The van der Waals surface area contributed by atoms with E-state index in [1.807, 2.05) is 12.1 Å². The summed E-state index contributed by atoms with van der Waals surface area (Å²) in [6.07, 6.45) is 4.66. The van der Waals surface area contributed by atoms with Crippen LogP contribution in [0.3, 0.4) is 0 Å². The molecule has 1 aromatic carbocycles. The van der Waals surface area contributed by atoms with Crippen LogP contribution in [0.15, 0.2) is 55.0 Å². The van der Waals surface area contributed by atoms with Crippen molar-refractivity contribution in [1.82, 2.24) is 19.9 Å². The van der Waals surface area contributed by atoms with E-state index >= 15 is 0 Å². The first-order valence-electron chi connectivity index (χ1n) is 8.05. The highest BCUT2D eigenvalue weighted by Gasteiger charge is 2.16. The van der Waals surface area contributed by atoms with Gasteiger partial charge in [-0.1, -0.05) is 23.7 Å². The number of fused-ring (bicyclic) bond motifs is 1. The number of benzene rings is 1. The van der Waals surface area contributed by atoms with Crippen molar-refractivity contribution in [2.24, 2.45) is 0 Å². The third-order valence-corrected chi connectivity index (χ3v) is 4.22. The lowest BCUT2D eigenvalue weighted by atomic mass is 10.2. The predicted octanol–water partition coefficient (Wildman–Crippen LogP) is 3.93. The molecule has 7 nitrogen and oxygen atoms in total. The fourth-order valence-electron chi connectivity index (χ4n) is 2.72. The molecule has 3 aromatic heterocycles. The second-order valence-corrected chi connectivity index (χ2v) is 6.12. The highest BCUT2D eigenvalue weighted by Crippen LogP contribution is 2.26. The Bertz CT molecular complexity index is 1140. The predicted molar refractivity (Wildman–Crippen MR) is 103 cm³/mol. The fourth-order valence-corrected chi connectivity index (χ4v) is 2.91. The first-order valence-corrected chi connectivity index (χ1v) is 8.43. The number of methoxy groups -OCH3 is 1. The first-order chi connectivity index (χ1) is 13.2. The highest BCUT2D eigenvalue weighted by atomic mass is 35.5. The van der Waals surface area contributed by atoms with Gasteiger partial charge in [0.25, 0.3) is 5.91 Å². The van der Waals surface area contributed by atoms with Crippen molar-refractivity contribution in [1.29, 1.82) is 0 Å². The van der Waals surface area contributed by atoms with E-state index in [2.05, 4.69) is 25.3 Å². The minimum absolute atomic E-state index is 0.324. The molecule has 0 spiro atoms. The molecule has 2 N–H and O–H groups in total. The minimum Gasteiger partial charge on any atom is -0.494 e. The quantitative estimate of drug-likeness (QED) is 0.560. The number of nitrogens with zero attached hydrogens (tertiary/aromatic N) is 3. The number of aromatic amines is 1. The molecule has 3 heterocycles. The normalized spacial score (nSPS) is 10.7. The number of rotatable bonds is 4. The Morgan fingerprint density at radius 2 is 2.11 bits per heavy atom. The molecule has 4 aromatic rings. The standard InChI is InChI=1S/C19H14ClN5O2/c1-27-15-6-7-21-10-14(15)23-19(26)13-5-8-22-18-16(13)24-17(25-18)11-3-2-4-12(20)9-11/h2-10H,1H3,(H,23,26)(H,22,24,25). The molecule has 0 saturated heterocycles. The van der Waals surface area contributed by atoms with Crippen LogP contribution < -0.4 is 10.1 Å². The summed E-state index contributed by atoms with van der Waals surface area (Å²) < 4.78 is 5.24. The van der Waals surface area contributed by atoms with E-state index in [1.54, 1.807) is 36.7 Å². The molecule has 27 heavy (non-hydrogen) atoms. The number of hydrogen-bond acceptors (Lipinski definition) is 5. The molecular weight excluding hydrogens is 366 g/mol. The number of carbonyl (C=O) groups excluding carboxylic acids is 1. The average molecular weight is 380 g/mol. The summed E-state index contributed by atoms with van der Waals surface area (Å²) in [6, 6.07) is 10.6. The van der Waals surface area contributed by atoms with Crippen LogP contribution in [0.25, 0.3) is 22.6 Å². The molecule has 0 atom stereocenters. The first kappa shape index (κ1) is 17.0. The number of halogens is 1. The Hall–Kier alpha value is -3.45. The lowest BCUT2D eigenvalue weighted by Crippen LogP contribution is -2.13. The molecule has 1 amide bonds. The highest BCUT2D eigenvalue weighted by molar-refractivity contribution is 6.30. The third kappa shape index (κ3) is 3.32. The summed E-state index contributed by atoms with van der Waals surface area (Å²) in [5.74, 6) is 0.780. The van der Waals surface area contributed by atoms with Gasteiger partial charge in [-0.25, -0.2) is 9.97 Å². The van der Waals surface area contributed by atoms with E-state index < -0.39 is 0 Å². The second kappa shape index (κ2) is 7.05. The summed E-state index contributed by atoms with van der Waals surface area (Å²) >= 11 is 6.05. The Morgan fingerprint density at radius 3 is 2.93 bits per heavy atom. The molecule has 8 heteroatoms. The van der Waals surface area contributed by atoms with Crippen LogP contribution in [-0.4, -0.2) is 33.0 Å². The van der Waals surface area contributed by atoms with Gasteiger partial charge in [-0.05, 0) is 18.2 Å². The monoisotopic (exact) mass is 379 g/mol. The number of ether oxygens (including phenoxy) is 1. The molecule has 0 saturated carbocycles. The molecular formula is C19H14ClN5O2. The average Bonchev–Trinajstić information content (AvgIpc) is 3.12. The van der Waals surface area contributed by atoms with E-state index in [0.29, 0.717) is 39.0 Å². The van der Waals surface area contributed by atoms with Crippen LogP contribution in [0.5, 0.6) is 5.75 Å². The van der Waals surface area contributed by atoms with Crippen LogP contribution in [0.1, 0.15) is 10.4 Å². The van der Waals surface area contributed by atoms with Crippen molar-refractivity contribution < 1.29 is 9.53 Å². The zero-order chi connectivity index (χ0) is 18.8. The SMILES string of the molecule is COc1ccncc1NC(=O)c1ccnc2nc(-c3cccc(Cl)c3)[nH]c12. The zero-order valence-electron chi connectivity index (χ0n) is 14.2. The van der Waals surface area contributed by atoms with Gasteiger partial charge >= 0.3 is 0 Å². The van der Waals surface area contributed by atoms with Gasteiger partial charge in [0, 0.05) is 29.0 Å². The van der Waals surface area contributed by atoms with E-state index in [1.165, 1.54) is 13.3 Å². The summed E-state index contributed by atoms with van der Waals surface area (Å²) in [7, 11) is 1.53. The number of anilines is 1. The van der Waals surface area contributed by atoms with Crippen molar-refractivity contribution >= 4 is 34.4 Å². The number of imidazole rings is 1. The van der Waals surface area contributed by atoms with Gasteiger partial charge in [0.1, 0.15) is 17.3 Å². The maximum atomic E-state index is 12.8. The minimum atomic E-state index is -0.324. The molecule has 0 fully saturated rings. The van der Waals surface area contributed by atoms with Crippen LogP contribution in [0, 0.1) is 0 Å². The van der Waals surface area contributed by atoms with Gasteiger partial charge in [-0.3, -0.25) is 9.78 Å². The summed E-state index contributed by atoms with van der Waals surface area (Å²) in [5, 5.41) is 3.40. The van der Waals surface area contributed by atoms with Crippen LogP contribution in [0.2, 0.25) is 5.02 Å². The number of carbonyl (C=O) groups is 1. The molecule has 0 unspecified atom stereocenters. The number of hydrogen-bond donors (Lipinski definition) is 2. The molecule has 4 rings (SSSR count). The maximum absolute atomic E-state index is 12.8. The van der Waals surface area contributed by atoms with Crippen molar-refractivity contribution in [3.63, 3.8) is 0 Å². The van der Waals surface area contributed by atoms with Gasteiger partial charge in [0.05, 0.1) is 24.4 Å². The van der Waals surface area contributed by atoms with E-state index in [4.69, 9.17) is 16.3 Å². The van der Waals surface area contributed by atoms with E-state index in [0.717, 1.165) is 5.56 Å². The summed E-state index contributed by atoms with van der Waals surface area (Å²) in [5.41, 5.74) is 2.67. The maximum Gasteiger partial charge on any atom is 0.258 e. The fraction of sp³-hybridized carbons (Fsp3) is 0.0526. The molecule has 0 radical (unpaired) electrons. The van der Waals surface area contributed by atoms with Gasteiger partial charge in [-0.2, -0.15) is 0 Å². The van der Waals surface area contributed by atoms with Gasteiger partial charge in [0.2, 0.25) is 0 Å². The molecule has 0 aliphatic heterocycles. The zero-order valence-corrected chi connectivity index (χ0v) is 15.0. The van der Waals surface area contributed by atoms with Crippen molar-refractivity contribution in [2.75, 3.05) is 12.4 Å². The number of nitrogens with one attached hydrogen (secondary N) is 2. The molecule has 0 bridgehead atoms. The molecule has 0 aliphatic carbocycles. The van der Waals surface area contributed by atoms with Gasteiger partial charge in [-0.15, -0.1) is 0 Å². The topological polar surface area (TPSA) is 92.8 Å².